The Kier molecular flexibility index (Phi) is 5.68. The van der Waals surface area contributed by atoms with Crippen molar-refractivity contribution in [2.75, 3.05) is 0 Å². The summed E-state index contributed by atoms with van der Waals surface area (Å²) in [4.78, 5) is 19.0. The van der Waals surface area contributed by atoms with Gasteiger partial charge in [0.2, 0.25) is 0 Å². The van der Waals surface area contributed by atoms with Gasteiger partial charge in [-0.3, -0.25) is 0 Å². The molecule has 0 aromatic heterocycles. The van der Waals surface area contributed by atoms with Gasteiger partial charge in [-0.25, -0.2) is 9.59 Å². The third-order valence-electron chi connectivity index (χ3n) is 0.932. The molecule has 0 aromatic carbocycles. The van der Waals surface area contributed by atoms with Crippen LogP contribution in [0.4, 0.5) is 17.6 Å². The van der Waals surface area contributed by atoms with Crippen molar-refractivity contribution in [3.05, 3.63) is 0 Å². The van der Waals surface area contributed by atoms with E-state index in [1.54, 1.807) is 0 Å². The fourth-order valence-electron chi connectivity index (χ4n) is 0.269. The van der Waals surface area contributed by atoms with Gasteiger partial charge in [0, 0.05) is 0 Å². The quantitative estimate of drug-likeness (QED) is 0.416. The smallest absolute Gasteiger partial charge is 1.00 e. The fraction of sp³-hybridized carbons (Fsp3) is 0.500. The zero-order valence-electron chi connectivity index (χ0n) is 7.22. The first-order valence-corrected chi connectivity index (χ1v) is 2.36. The molecule has 0 spiro atoms. The molecule has 0 fully saturated rings. The van der Waals surface area contributed by atoms with Gasteiger partial charge in [0.1, 0.15) is 0 Å². The molecule has 0 atom stereocenters. The molecular formula is C4H3F4KO4. The van der Waals surface area contributed by atoms with Crippen LogP contribution in [-0.4, -0.2) is 34.0 Å². The summed E-state index contributed by atoms with van der Waals surface area (Å²) in [5, 5.41) is 15.1. The molecule has 0 amide bonds. The molecule has 0 saturated heterocycles. The number of carbonyl (C=O) groups is 2. The number of hydrogen-bond acceptors (Lipinski definition) is 2. The maximum Gasteiger partial charge on any atom is 1.00 e. The van der Waals surface area contributed by atoms with E-state index < -0.39 is 23.8 Å². The van der Waals surface area contributed by atoms with Crippen molar-refractivity contribution in [1.29, 1.82) is 0 Å². The topological polar surface area (TPSA) is 74.6 Å². The average Bonchev–Trinajstić information content (AvgIpc) is 1.86. The third kappa shape index (κ3) is 2.87. The van der Waals surface area contributed by atoms with Crippen LogP contribution < -0.4 is 51.4 Å². The predicted molar refractivity (Wildman–Crippen MR) is 26.3 cm³/mol. The summed E-state index contributed by atoms with van der Waals surface area (Å²) in [6.07, 6.45) is 0. The van der Waals surface area contributed by atoms with Crippen molar-refractivity contribution in [1.82, 2.24) is 0 Å². The second kappa shape index (κ2) is 4.69. The number of hydrogen-bond donors (Lipinski definition) is 2. The van der Waals surface area contributed by atoms with E-state index in [0.29, 0.717) is 0 Å². The molecule has 4 nitrogen and oxygen atoms in total. The molecule has 0 unspecified atom stereocenters. The minimum atomic E-state index is -5.60. The second-order valence-corrected chi connectivity index (χ2v) is 1.76. The van der Waals surface area contributed by atoms with Gasteiger partial charge in [-0.2, -0.15) is 17.6 Å². The van der Waals surface area contributed by atoms with Crippen molar-refractivity contribution >= 4 is 11.9 Å². The third-order valence-corrected chi connectivity index (χ3v) is 0.932. The molecule has 0 aromatic rings. The standard InChI is InChI=1S/C4H2F4O4.K.H/c5-3(6,1(9)10)4(7,8)2(11)12;;/h(H,9,10)(H,11,12);;/q;+1;-1. The summed E-state index contributed by atoms with van der Waals surface area (Å²) < 4.78 is 47.4. The van der Waals surface area contributed by atoms with E-state index in [4.69, 9.17) is 10.2 Å². The minimum Gasteiger partial charge on any atom is -1.00 e. The molecule has 9 heteroatoms. The van der Waals surface area contributed by atoms with Gasteiger partial charge in [-0.15, -0.1) is 0 Å². The van der Waals surface area contributed by atoms with E-state index in [1.165, 1.54) is 0 Å². The zero-order valence-corrected chi connectivity index (χ0v) is 9.35. The van der Waals surface area contributed by atoms with Gasteiger partial charge >= 0.3 is 75.2 Å². The van der Waals surface area contributed by atoms with Gasteiger partial charge in [-0.05, 0) is 0 Å². The molecule has 0 aliphatic heterocycles. The molecule has 0 aliphatic rings. The van der Waals surface area contributed by atoms with Gasteiger partial charge in [0.25, 0.3) is 0 Å². The Labute approximate surface area is 113 Å². The molecule has 0 bridgehead atoms. The molecule has 2 N–H and O–H groups in total. The van der Waals surface area contributed by atoms with Crippen LogP contribution in [0, 0.1) is 0 Å². The van der Waals surface area contributed by atoms with Crippen molar-refractivity contribution in [2.45, 2.75) is 11.8 Å². The van der Waals surface area contributed by atoms with Crippen LogP contribution in [0.3, 0.4) is 0 Å². The molecular weight excluding hydrogens is 227 g/mol. The fourth-order valence-corrected chi connectivity index (χ4v) is 0.269. The number of rotatable bonds is 3. The summed E-state index contributed by atoms with van der Waals surface area (Å²) in [5.41, 5.74) is 0. The second-order valence-electron chi connectivity index (χ2n) is 1.76. The first kappa shape index (κ1) is 15.8. The molecule has 72 valence electrons. The van der Waals surface area contributed by atoms with Crippen LogP contribution in [0.25, 0.3) is 0 Å². The number of alkyl halides is 4. The van der Waals surface area contributed by atoms with Crippen LogP contribution in [0.2, 0.25) is 0 Å². The Bertz CT molecular complexity index is 209. The van der Waals surface area contributed by atoms with Gasteiger partial charge in [0.05, 0.1) is 0 Å². The Morgan fingerprint density at radius 1 is 0.923 bits per heavy atom. The van der Waals surface area contributed by atoms with Crippen molar-refractivity contribution in [3.8, 4) is 0 Å². The zero-order chi connectivity index (χ0) is 10.2. The summed E-state index contributed by atoms with van der Waals surface area (Å²) in [7, 11) is 0. The molecule has 13 heavy (non-hydrogen) atoms. The first-order chi connectivity index (χ1) is 5.14. The van der Waals surface area contributed by atoms with E-state index in [1.807, 2.05) is 0 Å². The van der Waals surface area contributed by atoms with Crippen LogP contribution in [0.5, 0.6) is 0 Å². The predicted octanol–water partition coefficient (Wildman–Crippen LogP) is -2.46. The number of carboxylic acids is 2. The Hall–Kier alpha value is 0.296. The van der Waals surface area contributed by atoms with Crippen molar-refractivity contribution < 1.29 is 90.2 Å². The number of aliphatic carboxylic acids is 2. The minimum absolute atomic E-state index is 0. The van der Waals surface area contributed by atoms with E-state index in [-0.39, 0.29) is 52.8 Å². The van der Waals surface area contributed by atoms with Crippen molar-refractivity contribution in [3.63, 3.8) is 0 Å². The molecule has 0 aliphatic carbocycles. The summed E-state index contributed by atoms with van der Waals surface area (Å²) in [6.45, 7) is 0. The number of halogens is 4. The van der Waals surface area contributed by atoms with Gasteiger partial charge in [0.15, 0.2) is 0 Å². The Morgan fingerprint density at radius 2 is 1.08 bits per heavy atom. The van der Waals surface area contributed by atoms with Gasteiger partial charge in [-0.1, -0.05) is 0 Å². The van der Waals surface area contributed by atoms with Crippen LogP contribution >= 0.6 is 0 Å². The maximum atomic E-state index is 11.8. The van der Waals surface area contributed by atoms with Crippen LogP contribution in [-0.2, 0) is 9.59 Å². The van der Waals surface area contributed by atoms with Crippen molar-refractivity contribution in [2.24, 2.45) is 0 Å². The Morgan fingerprint density at radius 3 is 1.15 bits per heavy atom. The molecule has 0 rings (SSSR count). The molecule has 0 saturated carbocycles. The largest absolute Gasteiger partial charge is 1.00 e. The average molecular weight is 230 g/mol. The van der Waals surface area contributed by atoms with Crippen LogP contribution in [0.15, 0.2) is 0 Å². The molecule has 0 radical (unpaired) electrons. The first-order valence-electron chi connectivity index (χ1n) is 2.36. The summed E-state index contributed by atoms with van der Waals surface area (Å²) in [6, 6.07) is 0. The normalized spacial score (nSPS) is 11.7. The SMILES string of the molecule is O=C(O)C(F)(F)C(F)(F)C(=O)O.[H-].[K+]. The van der Waals surface area contributed by atoms with E-state index in [9.17, 15) is 27.2 Å². The maximum absolute atomic E-state index is 11.8. The Balaban J connectivity index is -0.000000605. The van der Waals surface area contributed by atoms with Crippen LogP contribution in [0.1, 0.15) is 1.43 Å². The summed E-state index contributed by atoms with van der Waals surface area (Å²) in [5.74, 6) is -17.6. The van der Waals surface area contributed by atoms with E-state index in [0.717, 1.165) is 0 Å². The van der Waals surface area contributed by atoms with E-state index >= 15 is 0 Å². The number of carboxylic acid groups (broad SMARTS) is 2. The molecule has 0 heterocycles. The monoisotopic (exact) mass is 230 g/mol. The van der Waals surface area contributed by atoms with E-state index in [2.05, 4.69) is 0 Å². The summed E-state index contributed by atoms with van der Waals surface area (Å²) >= 11 is 0. The van der Waals surface area contributed by atoms with Gasteiger partial charge < -0.3 is 11.6 Å².